The SMILES string of the molecule is CCCCCCCCOC(=O)CC(C(=O)OCCCCCCCC)S(=O)(=O)O.[NaH].[NaH]. The van der Waals surface area contributed by atoms with Crippen LogP contribution in [0.3, 0.4) is 0 Å². The first-order valence-electron chi connectivity index (χ1n) is 10.6. The van der Waals surface area contributed by atoms with E-state index in [9.17, 15) is 22.6 Å². The topological polar surface area (TPSA) is 107 Å². The summed E-state index contributed by atoms with van der Waals surface area (Å²) in [5.74, 6) is -1.93. The fraction of sp³-hybridized carbons (Fsp3) is 0.900. The molecule has 1 atom stereocenters. The monoisotopic (exact) mass is 470 g/mol. The second-order valence-corrected chi connectivity index (χ2v) is 8.73. The molecule has 0 saturated carbocycles. The van der Waals surface area contributed by atoms with Gasteiger partial charge >= 0.3 is 71.1 Å². The average molecular weight is 471 g/mol. The maximum atomic E-state index is 12.0. The van der Waals surface area contributed by atoms with Gasteiger partial charge in [-0.15, -0.1) is 0 Å². The van der Waals surface area contributed by atoms with E-state index in [4.69, 9.17) is 9.47 Å². The minimum atomic E-state index is -4.73. The van der Waals surface area contributed by atoms with Crippen molar-refractivity contribution in [3.05, 3.63) is 0 Å². The van der Waals surface area contributed by atoms with Crippen LogP contribution in [0.1, 0.15) is 97.3 Å². The molecule has 170 valence electrons. The van der Waals surface area contributed by atoms with Crippen molar-refractivity contribution in [2.24, 2.45) is 0 Å². The van der Waals surface area contributed by atoms with E-state index >= 15 is 0 Å². The predicted molar refractivity (Wildman–Crippen MR) is 123 cm³/mol. The van der Waals surface area contributed by atoms with Gasteiger partial charge in [0.25, 0.3) is 10.1 Å². The zero-order valence-electron chi connectivity index (χ0n) is 17.5. The van der Waals surface area contributed by atoms with E-state index in [2.05, 4.69) is 13.8 Å². The Morgan fingerprint density at radius 1 is 0.733 bits per heavy atom. The van der Waals surface area contributed by atoms with Gasteiger partial charge in [0.1, 0.15) is 0 Å². The Kier molecular flexibility index (Phi) is 27.2. The van der Waals surface area contributed by atoms with E-state index in [0.717, 1.165) is 57.8 Å². The van der Waals surface area contributed by atoms with Gasteiger partial charge in [0, 0.05) is 0 Å². The zero-order chi connectivity index (χ0) is 21.3. The molecule has 7 nitrogen and oxygen atoms in total. The summed E-state index contributed by atoms with van der Waals surface area (Å²) in [7, 11) is -4.73. The summed E-state index contributed by atoms with van der Waals surface area (Å²) >= 11 is 0. The Morgan fingerprint density at radius 3 is 1.57 bits per heavy atom. The summed E-state index contributed by atoms with van der Waals surface area (Å²) in [6.07, 6.45) is 11.3. The molecule has 0 aromatic heterocycles. The fourth-order valence-electron chi connectivity index (χ4n) is 2.74. The number of unbranched alkanes of at least 4 members (excludes halogenated alkanes) is 10. The number of carbonyl (C=O) groups excluding carboxylic acids is 2. The van der Waals surface area contributed by atoms with E-state index in [-0.39, 0.29) is 72.3 Å². The van der Waals surface area contributed by atoms with Gasteiger partial charge in [-0.25, -0.2) is 0 Å². The minimum absolute atomic E-state index is 0. The van der Waals surface area contributed by atoms with Crippen molar-refractivity contribution in [3.8, 4) is 0 Å². The molecule has 0 aromatic carbocycles. The Bertz CT molecular complexity index is 527. The van der Waals surface area contributed by atoms with E-state index in [0.29, 0.717) is 12.8 Å². The summed E-state index contributed by atoms with van der Waals surface area (Å²) in [5.41, 5.74) is 0. The molecule has 0 heterocycles. The number of rotatable bonds is 18. The van der Waals surface area contributed by atoms with Gasteiger partial charge in [0.2, 0.25) is 0 Å². The Labute approximate surface area is 227 Å². The molecular weight excluding hydrogens is 430 g/mol. The third kappa shape index (κ3) is 20.7. The van der Waals surface area contributed by atoms with Gasteiger partial charge in [-0.05, 0) is 12.8 Å². The van der Waals surface area contributed by atoms with Crippen molar-refractivity contribution in [1.82, 2.24) is 0 Å². The molecule has 0 aliphatic carbocycles. The van der Waals surface area contributed by atoms with Crippen LogP contribution < -0.4 is 0 Å². The fourth-order valence-corrected chi connectivity index (χ4v) is 3.39. The van der Waals surface area contributed by atoms with Crippen molar-refractivity contribution < 1.29 is 32.0 Å². The molecule has 0 spiro atoms. The van der Waals surface area contributed by atoms with Gasteiger partial charge in [-0.2, -0.15) is 8.42 Å². The summed E-state index contributed by atoms with van der Waals surface area (Å²) in [4.78, 5) is 23.8. The van der Waals surface area contributed by atoms with Crippen LogP contribution >= 0.6 is 0 Å². The van der Waals surface area contributed by atoms with Crippen molar-refractivity contribution in [2.45, 2.75) is 103 Å². The number of hydrogen-bond acceptors (Lipinski definition) is 6. The molecule has 0 amide bonds. The van der Waals surface area contributed by atoms with Crippen molar-refractivity contribution in [3.63, 3.8) is 0 Å². The molecule has 0 bridgehead atoms. The Balaban J connectivity index is -0.00000364. The second kappa shape index (κ2) is 23.0. The van der Waals surface area contributed by atoms with Crippen molar-refractivity contribution >= 4 is 81.2 Å². The first kappa shape index (κ1) is 35.4. The van der Waals surface area contributed by atoms with Gasteiger partial charge in [-0.3, -0.25) is 14.1 Å². The first-order valence-corrected chi connectivity index (χ1v) is 12.1. The van der Waals surface area contributed by atoms with Gasteiger partial charge in [-0.1, -0.05) is 78.1 Å². The first-order chi connectivity index (χ1) is 13.3. The number of esters is 2. The summed E-state index contributed by atoms with van der Waals surface area (Å²) < 4.78 is 42.0. The van der Waals surface area contributed by atoms with Crippen LogP contribution in [0.25, 0.3) is 0 Å². The molecule has 10 heteroatoms. The van der Waals surface area contributed by atoms with Gasteiger partial charge in [0.05, 0.1) is 19.6 Å². The van der Waals surface area contributed by atoms with Crippen LogP contribution in [0, 0.1) is 0 Å². The third-order valence-electron chi connectivity index (χ3n) is 4.48. The van der Waals surface area contributed by atoms with E-state index in [1.165, 1.54) is 6.42 Å². The predicted octanol–water partition coefficient (Wildman–Crippen LogP) is 3.14. The molecule has 0 radical (unpaired) electrons. The van der Waals surface area contributed by atoms with Crippen LogP contribution in [0.4, 0.5) is 0 Å². The van der Waals surface area contributed by atoms with Crippen LogP contribution in [0.5, 0.6) is 0 Å². The normalized spacial score (nSPS) is 11.7. The zero-order valence-corrected chi connectivity index (χ0v) is 18.3. The van der Waals surface area contributed by atoms with Crippen molar-refractivity contribution in [2.75, 3.05) is 13.2 Å². The molecule has 0 aliphatic rings. The molecule has 1 N–H and O–H groups in total. The van der Waals surface area contributed by atoms with E-state index in [1.807, 2.05) is 0 Å². The maximum absolute atomic E-state index is 12.0. The second-order valence-electron chi connectivity index (χ2n) is 7.13. The molecule has 0 fully saturated rings. The molecular formula is C20H40Na2O7S. The molecule has 0 aromatic rings. The number of hydrogen-bond donors (Lipinski definition) is 1. The van der Waals surface area contributed by atoms with Crippen molar-refractivity contribution in [1.29, 1.82) is 0 Å². The molecule has 1 unspecified atom stereocenters. The number of ether oxygens (including phenoxy) is 2. The quantitative estimate of drug-likeness (QED) is 0.142. The summed E-state index contributed by atoms with van der Waals surface area (Å²) in [6.45, 7) is 4.50. The molecule has 30 heavy (non-hydrogen) atoms. The van der Waals surface area contributed by atoms with Crippen LogP contribution in [-0.2, 0) is 29.2 Å². The van der Waals surface area contributed by atoms with Crippen LogP contribution in [0.15, 0.2) is 0 Å². The molecule has 0 rings (SSSR count). The Hall–Kier alpha value is 0.850. The molecule has 0 aliphatic heterocycles. The van der Waals surface area contributed by atoms with Crippen LogP contribution in [-0.4, -0.2) is 102 Å². The average Bonchev–Trinajstić information content (AvgIpc) is 2.63. The van der Waals surface area contributed by atoms with Gasteiger partial charge in [0.15, 0.2) is 5.25 Å². The van der Waals surface area contributed by atoms with Gasteiger partial charge < -0.3 is 9.47 Å². The molecule has 0 saturated heterocycles. The summed E-state index contributed by atoms with van der Waals surface area (Å²) in [6, 6.07) is 0. The van der Waals surface area contributed by atoms with E-state index < -0.39 is 33.7 Å². The number of carbonyl (C=O) groups is 2. The third-order valence-corrected chi connectivity index (χ3v) is 5.56. The van der Waals surface area contributed by atoms with Crippen LogP contribution in [0.2, 0.25) is 0 Å². The van der Waals surface area contributed by atoms with E-state index in [1.54, 1.807) is 0 Å². The summed E-state index contributed by atoms with van der Waals surface area (Å²) in [5, 5.41) is -1.93. The Morgan fingerprint density at radius 2 is 1.13 bits per heavy atom. The standard InChI is InChI=1S/C20H38O7S.2Na.2H/c1-3-5-7-9-11-13-15-26-19(21)17-18(28(23,24)25)20(22)27-16-14-12-10-8-6-4-2;;;;/h18H,3-17H2,1-2H3,(H,23,24,25);;;;.